The molecule has 0 aromatic carbocycles. The van der Waals surface area contributed by atoms with Gasteiger partial charge in [0.05, 0.1) is 19.9 Å². The molecule has 4 nitrogen and oxygen atoms in total. The number of nitrogens with zero attached hydrogens (tertiary/aromatic N) is 2. The normalized spacial score (nSPS) is 9.29. The first-order valence-corrected chi connectivity index (χ1v) is 4.28. The van der Waals surface area contributed by atoms with Crippen LogP contribution in [0.4, 0.5) is 0 Å². The van der Waals surface area contributed by atoms with Crippen LogP contribution in [0.15, 0.2) is 6.07 Å². The van der Waals surface area contributed by atoms with E-state index in [1.165, 1.54) is 7.11 Å². The van der Waals surface area contributed by atoms with Crippen molar-refractivity contribution in [1.82, 2.24) is 4.98 Å². The molecular weight excluding hydrogens is 180 g/mol. The van der Waals surface area contributed by atoms with Gasteiger partial charge in [0.2, 0.25) is 0 Å². The van der Waals surface area contributed by atoms with E-state index in [9.17, 15) is 0 Å². The van der Waals surface area contributed by atoms with Crippen molar-refractivity contribution in [3.63, 3.8) is 0 Å². The molecule has 0 N–H and O–H groups in total. The molecule has 1 heterocycles. The molecule has 0 atom stereocenters. The summed E-state index contributed by atoms with van der Waals surface area (Å²) >= 11 is 0. The number of hydrogen-bond donors (Lipinski definition) is 0. The Morgan fingerprint density at radius 1 is 1.36 bits per heavy atom. The first-order chi connectivity index (χ1) is 6.76. The summed E-state index contributed by atoms with van der Waals surface area (Å²) in [5.74, 6) is 1.10. The van der Waals surface area contributed by atoms with E-state index in [2.05, 4.69) is 4.98 Å². The Balaban J connectivity index is 3.30. The molecular formula is C10H12N2O2. The van der Waals surface area contributed by atoms with Crippen LogP contribution in [0, 0.1) is 11.3 Å². The molecule has 0 aliphatic rings. The van der Waals surface area contributed by atoms with Gasteiger partial charge in [-0.15, -0.1) is 0 Å². The van der Waals surface area contributed by atoms with Crippen molar-refractivity contribution >= 4 is 0 Å². The number of hydrogen-bond acceptors (Lipinski definition) is 4. The molecule has 74 valence electrons. The van der Waals surface area contributed by atoms with Gasteiger partial charge < -0.3 is 9.47 Å². The van der Waals surface area contributed by atoms with E-state index in [4.69, 9.17) is 14.7 Å². The maximum absolute atomic E-state index is 8.80. The van der Waals surface area contributed by atoms with Gasteiger partial charge in [0.15, 0.2) is 11.4 Å². The van der Waals surface area contributed by atoms with Crippen molar-refractivity contribution in [2.45, 2.75) is 13.3 Å². The lowest BCUT2D eigenvalue weighted by Gasteiger charge is -2.08. The zero-order chi connectivity index (χ0) is 10.6. The van der Waals surface area contributed by atoms with Crippen LogP contribution in [0.5, 0.6) is 11.5 Å². The Hall–Kier alpha value is -1.76. The fourth-order valence-electron chi connectivity index (χ4n) is 1.18. The molecule has 0 saturated heterocycles. The summed E-state index contributed by atoms with van der Waals surface area (Å²) in [5, 5.41) is 8.80. The van der Waals surface area contributed by atoms with Crippen molar-refractivity contribution in [1.29, 1.82) is 5.26 Å². The van der Waals surface area contributed by atoms with Gasteiger partial charge in [-0.05, 0) is 6.42 Å². The SMILES string of the molecule is CCc1nc(C#N)c(OC)cc1OC. The van der Waals surface area contributed by atoms with Gasteiger partial charge in [-0.3, -0.25) is 0 Å². The fourth-order valence-corrected chi connectivity index (χ4v) is 1.18. The molecule has 0 bridgehead atoms. The number of ether oxygens (including phenoxy) is 2. The van der Waals surface area contributed by atoms with Crippen LogP contribution >= 0.6 is 0 Å². The second kappa shape index (κ2) is 4.47. The Kier molecular flexibility index (Phi) is 3.29. The third-order valence-electron chi connectivity index (χ3n) is 1.91. The van der Waals surface area contributed by atoms with Crippen LogP contribution in [0.3, 0.4) is 0 Å². The molecule has 0 unspecified atom stereocenters. The van der Waals surface area contributed by atoms with E-state index in [0.717, 1.165) is 12.1 Å². The van der Waals surface area contributed by atoms with E-state index in [-0.39, 0.29) is 0 Å². The average Bonchev–Trinajstić information content (AvgIpc) is 2.26. The number of rotatable bonds is 3. The lowest BCUT2D eigenvalue weighted by atomic mass is 10.2. The van der Waals surface area contributed by atoms with Gasteiger partial charge in [-0.2, -0.15) is 5.26 Å². The third kappa shape index (κ3) is 1.77. The molecule has 0 aliphatic carbocycles. The minimum Gasteiger partial charge on any atom is -0.495 e. The summed E-state index contributed by atoms with van der Waals surface area (Å²) in [4.78, 5) is 4.14. The smallest absolute Gasteiger partial charge is 0.183 e. The molecule has 0 spiro atoms. The zero-order valence-corrected chi connectivity index (χ0v) is 8.50. The maximum Gasteiger partial charge on any atom is 0.183 e. The minimum absolute atomic E-state index is 0.296. The first kappa shape index (κ1) is 10.3. The van der Waals surface area contributed by atoms with Crippen molar-refractivity contribution in [2.75, 3.05) is 14.2 Å². The Morgan fingerprint density at radius 3 is 2.43 bits per heavy atom. The molecule has 4 heteroatoms. The number of methoxy groups -OCH3 is 2. The molecule has 1 aromatic heterocycles. The Labute approximate surface area is 83.1 Å². The lowest BCUT2D eigenvalue weighted by Crippen LogP contribution is -1.99. The summed E-state index contributed by atoms with van der Waals surface area (Å²) in [6.45, 7) is 1.96. The van der Waals surface area contributed by atoms with Crippen LogP contribution in [0.2, 0.25) is 0 Å². The van der Waals surface area contributed by atoms with Crippen molar-refractivity contribution < 1.29 is 9.47 Å². The molecule has 0 amide bonds. The number of pyridine rings is 1. The van der Waals surface area contributed by atoms with E-state index in [1.807, 2.05) is 13.0 Å². The topological polar surface area (TPSA) is 55.1 Å². The number of aryl methyl sites for hydroxylation is 1. The van der Waals surface area contributed by atoms with Crippen LogP contribution in [-0.4, -0.2) is 19.2 Å². The standard InChI is InChI=1S/C10H12N2O2/c1-4-7-9(13-2)5-10(14-3)8(6-11)12-7/h5H,4H2,1-3H3. The van der Waals surface area contributed by atoms with E-state index >= 15 is 0 Å². The summed E-state index contributed by atoms with van der Waals surface area (Å²) in [6, 6.07) is 3.67. The van der Waals surface area contributed by atoms with Crippen LogP contribution in [0.1, 0.15) is 18.3 Å². The van der Waals surface area contributed by atoms with Gasteiger partial charge in [-0.1, -0.05) is 6.92 Å². The molecule has 0 fully saturated rings. The van der Waals surface area contributed by atoms with Crippen molar-refractivity contribution in [3.05, 3.63) is 17.5 Å². The molecule has 14 heavy (non-hydrogen) atoms. The van der Waals surface area contributed by atoms with Gasteiger partial charge in [-0.25, -0.2) is 4.98 Å². The van der Waals surface area contributed by atoms with Gasteiger partial charge >= 0.3 is 0 Å². The second-order valence-corrected chi connectivity index (χ2v) is 2.65. The Morgan fingerprint density at radius 2 is 2.00 bits per heavy atom. The van der Waals surface area contributed by atoms with Crippen LogP contribution in [-0.2, 0) is 6.42 Å². The maximum atomic E-state index is 8.80. The molecule has 0 saturated carbocycles. The monoisotopic (exact) mass is 192 g/mol. The van der Waals surface area contributed by atoms with Crippen LogP contribution in [0.25, 0.3) is 0 Å². The van der Waals surface area contributed by atoms with Crippen LogP contribution < -0.4 is 9.47 Å². The zero-order valence-electron chi connectivity index (χ0n) is 8.50. The summed E-state index contributed by atoms with van der Waals surface area (Å²) in [5.41, 5.74) is 1.06. The van der Waals surface area contributed by atoms with Gasteiger partial charge in [0.1, 0.15) is 11.8 Å². The quantitative estimate of drug-likeness (QED) is 0.728. The molecule has 0 aliphatic heterocycles. The Bertz CT molecular complexity index is 369. The highest BCUT2D eigenvalue weighted by Crippen LogP contribution is 2.25. The predicted molar refractivity (Wildman–Crippen MR) is 51.4 cm³/mol. The predicted octanol–water partition coefficient (Wildman–Crippen LogP) is 1.53. The number of aromatic nitrogens is 1. The first-order valence-electron chi connectivity index (χ1n) is 4.28. The summed E-state index contributed by atoms with van der Waals surface area (Å²) < 4.78 is 10.1. The number of nitriles is 1. The average molecular weight is 192 g/mol. The lowest BCUT2D eigenvalue weighted by molar-refractivity contribution is 0.386. The molecule has 1 rings (SSSR count). The highest BCUT2D eigenvalue weighted by atomic mass is 16.5. The third-order valence-corrected chi connectivity index (χ3v) is 1.91. The van der Waals surface area contributed by atoms with E-state index in [1.54, 1.807) is 13.2 Å². The largest absolute Gasteiger partial charge is 0.495 e. The molecule has 0 radical (unpaired) electrons. The summed E-state index contributed by atoms with van der Waals surface area (Å²) in [6.07, 6.45) is 0.724. The van der Waals surface area contributed by atoms with Gasteiger partial charge in [0, 0.05) is 6.07 Å². The van der Waals surface area contributed by atoms with Crippen molar-refractivity contribution in [3.8, 4) is 17.6 Å². The highest BCUT2D eigenvalue weighted by molar-refractivity contribution is 5.45. The van der Waals surface area contributed by atoms with E-state index in [0.29, 0.717) is 17.2 Å². The summed E-state index contributed by atoms with van der Waals surface area (Å²) in [7, 11) is 3.07. The van der Waals surface area contributed by atoms with E-state index < -0.39 is 0 Å². The fraction of sp³-hybridized carbons (Fsp3) is 0.400. The van der Waals surface area contributed by atoms with Crippen molar-refractivity contribution in [2.24, 2.45) is 0 Å². The minimum atomic E-state index is 0.296. The second-order valence-electron chi connectivity index (χ2n) is 2.65. The van der Waals surface area contributed by atoms with Gasteiger partial charge in [0.25, 0.3) is 0 Å². The highest BCUT2D eigenvalue weighted by Gasteiger charge is 2.10. The molecule has 1 aromatic rings.